The fourth-order valence-corrected chi connectivity index (χ4v) is 3.40. The third-order valence-corrected chi connectivity index (χ3v) is 5.14. The van der Waals surface area contributed by atoms with E-state index in [1.54, 1.807) is 19.2 Å². The molecule has 8 heteroatoms. The average Bonchev–Trinajstić information content (AvgIpc) is 3.27. The van der Waals surface area contributed by atoms with Crippen LogP contribution in [0.25, 0.3) is 0 Å². The van der Waals surface area contributed by atoms with Gasteiger partial charge >= 0.3 is 0 Å². The molecule has 2 aromatic carbocycles. The normalized spacial score (nSPS) is 16.9. The van der Waals surface area contributed by atoms with Crippen molar-refractivity contribution in [3.63, 3.8) is 0 Å². The van der Waals surface area contributed by atoms with Crippen molar-refractivity contribution in [3.05, 3.63) is 65.0 Å². The molecule has 0 bridgehead atoms. The minimum atomic E-state index is -0.262. The molecule has 2 atom stereocenters. The van der Waals surface area contributed by atoms with Gasteiger partial charge < -0.3 is 24.8 Å². The Kier molecular flexibility index (Phi) is 11.2. The zero-order valence-electron chi connectivity index (χ0n) is 18.9. The Morgan fingerprint density at radius 2 is 2.00 bits per heavy atom. The molecule has 0 aromatic heterocycles. The van der Waals surface area contributed by atoms with Crippen molar-refractivity contribution in [2.24, 2.45) is 4.99 Å². The largest absolute Gasteiger partial charge is 0.488 e. The van der Waals surface area contributed by atoms with E-state index in [2.05, 4.69) is 35.8 Å². The maximum atomic E-state index is 13.2. The summed E-state index contributed by atoms with van der Waals surface area (Å²) in [5, 5.41) is 6.58. The summed E-state index contributed by atoms with van der Waals surface area (Å²) in [4.78, 5) is 4.73. The average molecular weight is 557 g/mol. The van der Waals surface area contributed by atoms with Crippen molar-refractivity contribution in [2.75, 3.05) is 33.4 Å². The number of ether oxygens (including phenoxy) is 3. The highest BCUT2D eigenvalue weighted by Crippen LogP contribution is 2.24. The van der Waals surface area contributed by atoms with Crippen LogP contribution < -0.4 is 15.4 Å². The number of guanidine groups is 1. The summed E-state index contributed by atoms with van der Waals surface area (Å²) in [5.41, 5.74) is 3.07. The summed E-state index contributed by atoms with van der Waals surface area (Å²) < 4.78 is 30.4. The molecule has 6 nitrogen and oxygen atoms in total. The first kappa shape index (κ1) is 26.3. The topological polar surface area (TPSA) is 64.1 Å². The van der Waals surface area contributed by atoms with E-state index in [0.29, 0.717) is 25.7 Å². The minimum Gasteiger partial charge on any atom is -0.488 e. The molecule has 1 saturated heterocycles. The van der Waals surface area contributed by atoms with Crippen molar-refractivity contribution < 1.29 is 18.6 Å². The van der Waals surface area contributed by atoms with Crippen LogP contribution in [0.15, 0.2) is 47.5 Å². The lowest BCUT2D eigenvalue weighted by Crippen LogP contribution is -2.39. The SMILES string of the molecule is CCNC(=NCc1ccc(C)cc1OC1CCOC1)NCC(OC)c1ccc(F)cc1.I. The lowest BCUT2D eigenvalue weighted by Gasteiger charge is -2.19. The molecular weight excluding hydrogens is 524 g/mol. The molecule has 1 aliphatic rings. The highest BCUT2D eigenvalue weighted by molar-refractivity contribution is 14.0. The van der Waals surface area contributed by atoms with Crippen molar-refractivity contribution in [2.45, 2.75) is 39.0 Å². The molecule has 0 aliphatic carbocycles. The van der Waals surface area contributed by atoms with Gasteiger partial charge in [-0.25, -0.2) is 9.38 Å². The molecule has 176 valence electrons. The number of nitrogens with one attached hydrogen (secondary N) is 2. The Morgan fingerprint density at radius 1 is 1.22 bits per heavy atom. The van der Waals surface area contributed by atoms with E-state index in [1.807, 2.05) is 6.92 Å². The maximum Gasteiger partial charge on any atom is 0.191 e. The number of hydrogen-bond acceptors (Lipinski definition) is 4. The Hall–Kier alpha value is -1.91. The first-order valence-corrected chi connectivity index (χ1v) is 10.7. The molecule has 1 fully saturated rings. The number of aryl methyl sites for hydroxylation is 1. The Morgan fingerprint density at radius 3 is 2.66 bits per heavy atom. The summed E-state index contributed by atoms with van der Waals surface area (Å²) in [6, 6.07) is 12.5. The number of aliphatic imine (C=N–C) groups is 1. The molecule has 2 unspecified atom stereocenters. The number of hydrogen-bond donors (Lipinski definition) is 2. The van der Waals surface area contributed by atoms with Crippen LogP contribution in [-0.2, 0) is 16.0 Å². The van der Waals surface area contributed by atoms with Crippen molar-refractivity contribution in [3.8, 4) is 5.75 Å². The molecule has 2 N–H and O–H groups in total. The minimum absolute atomic E-state index is 0. The van der Waals surface area contributed by atoms with Crippen LogP contribution in [-0.4, -0.2) is 45.5 Å². The maximum absolute atomic E-state index is 13.2. The summed E-state index contributed by atoms with van der Waals surface area (Å²) in [6.07, 6.45) is 0.780. The summed E-state index contributed by atoms with van der Waals surface area (Å²) in [5.74, 6) is 1.28. The molecule has 32 heavy (non-hydrogen) atoms. The summed E-state index contributed by atoms with van der Waals surface area (Å²) in [7, 11) is 1.64. The molecular formula is C24H33FIN3O3. The van der Waals surface area contributed by atoms with Gasteiger partial charge in [-0.3, -0.25) is 0 Å². The number of nitrogens with zero attached hydrogens (tertiary/aromatic N) is 1. The lowest BCUT2D eigenvalue weighted by molar-refractivity contribution is 0.106. The standard InChI is InChI=1S/C24H32FN3O3.HI/c1-4-26-24(28-15-23(29-3)18-7-9-20(25)10-8-18)27-14-19-6-5-17(2)13-22(19)31-21-11-12-30-16-21;/h5-10,13,21,23H,4,11-12,14-16H2,1-3H3,(H2,26,27,28);1H. The number of benzene rings is 2. The van der Waals surface area contributed by atoms with Gasteiger partial charge in [0.05, 0.1) is 25.9 Å². The van der Waals surface area contributed by atoms with Crippen LogP contribution in [0.5, 0.6) is 5.75 Å². The summed E-state index contributed by atoms with van der Waals surface area (Å²) in [6.45, 7) is 7.16. The molecule has 1 heterocycles. The van der Waals surface area contributed by atoms with Gasteiger partial charge in [-0.05, 0) is 43.2 Å². The van der Waals surface area contributed by atoms with Crippen LogP contribution >= 0.6 is 24.0 Å². The first-order valence-electron chi connectivity index (χ1n) is 10.7. The van der Waals surface area contributed by atoms with Gasteiger partial charge in [0.1, 0.15) is 17.7 Å². The highest BCUT2D eigenvalue weighted by atomic mass is 127. The van der Waals surface area contributed by atoms with Gasteiger partial charge in [-0.2, -0.15) is 0 Å². The van der Waals surface area contributed by atoms with E-state index >= 15 is 0 Å². The number of methoxy groups -OCH3 is 1. The van der Waals surface area contributed by atoms with E-state index in [0.717, 1.165) is 42.0 Å². The van der Waals surface area contributed by atoms with E-state index in [4.69, 9.17) is 19.2 Å². The van der Waals surface area contributed by atoms with E-state index < -0.39 is 0 Å². The molecule has 0 radical (unpaired) electrons. The van der Waals surface area contributed by atoms with E-state index in [9.17, 15) is 4.39 Å². The van der Waals surface area contributed by atoms with Gasteiger partial charge in [0.25, 0.3) is 0 Å². The van der Waals surface area contributed by atoms with Crippen LogP contribution in [0.4, 0.5) is 4.39 Å². The monoisotopic (exact) mass is 557 g/mol. The Bertz CT molecular complexity index is 858. The molecule has 2 aromatic rings. The highest BCUT2D eigenvalue weighted by Gasteiger charge is 2.19. The van der Waals surface area contributed by atoms with Gasteiger partial charge in [0.2, 0.25) is 0 Å². The van der Waals surface area contributed by atoms with E-state index in [1.165, 1.54) is 12.1 Å². The second-order valence-corrected chi connectivity index (χ2v) is 7.57. The lowest BCUT2D eigenvalue weighted by atomic mass is 10.1. The molecule has 0 amide bonds. The number of rotatable bonds is 9. The fourth-order valence-electron chi connectivity index (χ4n) is 3.40. The van der Waals surface area contributed by atoms with Crippen LogP contribution in [0.3, 0.4) is 0 Å². The van der Waals surface area contributed by atoms with Crippen LogP contribution in [0.2, 0.25) is 0 Å². The smallest absolute Gasteiger partial charge is 0.191 e. The predicted molar refractivity (Wildman–Crippen MR) is 135 cm³/mol. The Balaban J connectivity index is 0.00000363. The van der Waals surface area contributed by atoms with E-state index in [-0.39, 0.29) is 42.0 Å². The molecule has 3 rings (SSSR count). The quantitative estimate of drug-likeness (QED) is 0.273. The predicted octanol–water partition coefficient (Wildman–Crippen LogP) is 4.36. The zero-order chi connectivity index (χ0) is 22.1. The van der Waals surface area contributed by atoms with Crippen LogP contribution in [0, 0.1) is 12.7 Å². The van der Waals surface area contributed by atoms with Gasteiger partial charge in [-0.15, -0.1) is 24.0 Å². The number of halogens is 2. The van der Waals surface area contributed by atoms with Gasteiger partial charge in [0.15, 0.2) is 5.96 Å². The van der Waals surface area contributed by atoms with Gasteiger partial charge in [-0.1, -0.05) is 24.3 Å². The van der Waals surface area contributed by atoms with Gasteiger partial charge in [0, 0.05) is 32.2 Å². The van der Waals surface area contributed by atoms with Crippen molar-refractivity contribution in [1.82, 2.24) is 10.6 Å². The fraction of sp³-hybridized carbons (Fsp3) is 0.458. The van der Waals surface area contributed by atoms with Crippen LogP contribution in [0.1, 0.15) is 36.1 Å². The third kappa shape index (κ3) is 7.90. The second-order valence-electron chi connectivity index (χ2n) is 7.57. The molecule has 1 aliphatic heterocycles. The van der Waals surface area contributed by atoms with Crippen molar-refractivity contribution in [1.29, 1.82) is 0 Å². The third-order valence-electron chi connectivity index (χ3n) is 5.14. The molecule has 0 spiro atoms. The Labute approximate surface area is 207 Å². The molecule has 0 saturated carbocycles. The van der Waals surface area contributed by atoms with Crippen molar-refractivity contribution >= 4 is 29.9 Å². The summed E-state index contributed by atoms with van der Waals surface area (Å²) >= 11 is 0. The first-order chi connectivity index (χ1) is 15.1. The zero-order valence-corrected chi connectivity index (χ0v) is 21.2. The second kappa shape index (κ2) is 13.6.